The molecule has 0 aromatic heterocycles. The fourth-order valence-corrected chi connectivity index (χ4v) is 5.03. The van der Waals surface area contributed by atoms with Crippen LogP contribution in [-0.4, -0.2) is 48.8 Å². The van der Waals surface area contributed by atoms with Gasteiger partial charge in [-0.15, -0.1) is 0 Å². The molecule has 0 radical (unpaired) electrons. The molecule has 0 amide bonds. The van der Waals surface area contributed by atoms with Gasteiger partial charge in [-0.2, -0.15) is 0 Å². The first kappa shape index (κ1) is 29.1. The van der Waals surface area contributed by atoms with E-state index in [9.17, 15) is 5.11 Å². The normalized spacial score (nSPS) is 22.4. The maximum absolute atomic E-state index is 10.4. The van der Waals surface area contributed by atoms with Crippen molar-refractivity contribution in [1.29, 1.82) is 0 Å². The topological polar surface area (TPSA) is 66.4 Å². The van der Waals surface area contributed by atoms with E-state index in [1.165, 1.54) is 0 Å². The molecule has 1 aliphatic rings. The lowest BCUT2D eigenvalue weighted by atomic mass is 9.94. The second kappa shape index (κ2) is 15.6. The molecule has 0 saturated carbocycles. The van der Waals surface area contributed by atoms with Crippen LogP contribution in [0, 0.1) is 0 Å². The zero-order valence-electron chi connectivity index (χ0n) is 23.2. The lowest BCUT2D eigenvalue weighted by Crippen LogP contribution is -2.62. The van der Waals surface area contributed by atoms with E-state index in [-0.39, 0.29) is 13.2 Å². The molecule has 1 fully saturated rings. The first-order valence-corrected chi connectivity index (χ1v) is 14.1. The Balaban J connectivity index is 1.38. The standard InChI is InChI=1S/C35H38O6/c36-21-31-33(38-23-28-15-7-2-8-16-28)35(40-25-30-19-11-4-12-20-30)34(39-24-29-17-9-3-10-18-29)32(41-31)26-37-22-27-13-5-1-6-14-27/h1-20,31-36H,21-26H2. The van der Waals surface area contributed by atoms with Gasteiger partial charge >= 0.3 is 0 Å². The zero-order valence-corrected chi connectivity index (χ0v) is 23.2. The third-order valence-corrected chi connectivity index (χ3v) is 7.16. The maximum Gasteiger partial charge on any atom is 0.115 e. The van der Waals surface area contributed by atoms with E-state index in [2.05, 4.69) is 0 Å². The van der Waals surface area contributed by atoms with Crippen molar-refractivity contribution in [1.82, 2.24) is 0 Å². The van der Waals surface area contributed by atoms with Crippen LogP contribution < -0.4 is 0 Å². The van der Waals surface area contributed by atoms with E-state index in [4.69, 9.17) is 23.7 Å². The van der Waals surface area contributed by atoms with Crippen LogP contribution in [0.15, 0.2) is 121 Å². The molecule has 1 N–H and O–H groups in total. The molecule has 5 atom stereocenters. The fourth-order valence-electron chi connectivity index (χ4n) is 5.03. The molecule has 4 aromatic rings. The second-order valence-electron chi connectivity index (χ2n) is 10.2. The van der Waals surface area contributed by atoms with Crippen molar-refractivity contribution in [2.45, 2.75) is 56.9 Å². The summed E-state index contributed by atoms with van der Waals surface area (Å²) in [6, 6.07) is 40.1. The fraction of sp³-hybridized carbons (Fsp3) is 0.314. The average molecular weight is 555 g/mol. The molecular weight excluding hydrogens is 516 g/mol. The van der Waals surface area contributed by atoms with Crippen molar-refractivity contribution in [2.75, 3.05) is 13.2 Å². The lowest BCUT2D eigenvalue weighted by Gasteiger charge is -2.46. The quantitative estimate of drug-likeness (QED) is 0.215. The molecule has 1 aliphatic heterocycles. The lowest BCUT2D eigenvalue weighted by molar-refractivity contribution is -0.277. The molecule has 1 saturated heterocycles. The van der Waals surface area contributed by atoms with Crippen LogP contribution >= 0.6 is 0 Å². The van der Waals surface area contributed by atoms with Crippen molar-refractivity contribution < 1.29 is 28.8 Å². The summed E-state index contributed by atoms with van der Waals surface area (Å²) in [5, 5.41) is 10.4. The molecule has 6 heteroatoms. The minimum absolute atomic E-state index is 0.217. The largest absolute Gasteiger partial charge is 0.394 e. The number of hydrogen-bond donors (Lipinski definition) is 1. The predicted molar refractivity (Wildman–Crippen MR) is 157 cm³/mol. The highest BCUT2D eigenvalue weighted by Crippen LogP contribution is 2.31. The Morgan fingerprint density at radius 3 is 1.24 bits per heavy atom. The van der Waals surface area contributed by atoms with Crippen LogP contribution in [0.1, 0.15) is 22.3 Å². The smallest absolute Gasteiger partial charge is 0.115 e. The van der Waals surface area contributed by atoms with Gasteiger partial charge in [0.2, 0.25) is 0 Å². The van der Waals surface area contributed by atoms with E-state index in [0.717, 1.165) is 22.3 Å². The van der Waals surface area contributed by atoms with Crippen LogP contribution in [-0.2, 0) is 50.1 Å². The predicted octanol–water partition coefficient (Wildman–Crippen LogP) is 5.72. The molecule has 5 rings (SSSR count). The van der Waals surface area contributed by atoms with Gasteiger partial charge in [-0.1, -0.05) is 121 Å². The van der Waals surface area contributed by atoms with Gasteiger partial charge in [0.15, 0.2) is 0 Å². The molecule has 41 heavy (non-hydrogen) atoms. The van der Waals surface area contributed by atoms with E-state index >= 15 is 0 Å². The summed E-state index contributed by atoms with van der Waals surface area (Å²) in [7, 11) is 0. The SMILES string of the molecule is OCC1OC(COCc2ccccc2)C(OCc2ccccc2)C(OCc2ccccc2)C1OCc1ccccc1. The van der Waals surface area contributed by atoms with Crippen LogP contribution in [0.3, 0.4) is 0 Å². The van der Waals surface area contributed by atoms with Crippen molar-refractivity contribution in [2.24, 2.45) is 0 Å². The van der Waals surface area contributed by atoms with E-state index in [1.54, 1.807) is 0 Å². The number of rotatable bonds is 14. The third-order valence-electron chi connectivity index (χ3n) is 7.16. The molecule has 0 bridgehead atoms. The number of aliphatic hydroxyl groups excluding tert-OH is 1. The number of aliphatic hydroxyl groups is 1. The Morgan fingerprint density at radius 2 is 0.829 bits per heavy atom. The molecule has 1 heterocycles. The van der Waals surface area contributed by atoms with Gasteiger partial charge in [-0.25, -0.2) is 0 Å². The van der Waals surface area contributed by atoms with Crippen molar-refractivity contribution >= 4 is 0 Å². The van der Waals surface area contributed by atoms with Gasteiger partial charge in [0, 0.05) is 0 Å². The van der Waals surface area contributed by atoms with Crippen LogP contribution in [0.5, 0.6) is 0 Å². The first-order chi connectivity index (χ1) is 20.3. The highest BCUT2D eigenvalue weighted by molar-refractivity contribution is 5.16. The number of benzene rings is 4. The summed E-state index contributed by atoms with van der Waals surface area (Å²) in [5.41, 5.74) is 4.19. The molecule has 4 aromatic carbocycles. The van der Waals surface area contributed by atoms with Gasteiger partial charge in [0.1, 0.15) is 30.5 Å². The summed E-state index contributed by atoms with van der Waals surface area (Å²) in [6.07, 6.45) is -2.66. The van der Waals surface area contributed by atoms with E-state index < -0.39 is 30.5 Å². The highest BCUT2D eigenvalue weighted by atomic mass is 16.6. The van der Waals surface area contributed by atoms with Gasteiger partial charge in [-0.3, -0.25) is 0 Å². The minimum atomic E-state index is -0.610. The molecule has 5 unspecified atom stereocenters. The monoisotopic (exact) mass is 554 g/mol. The first-order valence-electron chi connectivity index (χ1n) is 14.1. The van der Waals surface area contributed by atoms with Crippen molar-refractivity contribution in [3.8, 4) is 0 Å². The highest BCUT2D eigenvalue weighted by Gasteiger charge is 2.48. The van der Waals surface area contributed by atoms with Crippen molar-refractivity contribution in [3.63, 3.8) is 0 Å². The zero-order chi connectivity index (χ0) is 28.1. The van der Waals surface area contributed by atoms with Crippen LogP contribution in [0.2, 0.25) is 0 Å². The number of hydrogen-bond acceptors (Lipinski definition) is 6. The summed E-state index contributed by atoms with van der Waals surface area (Å²) in [5.74, 6) is 0. The summed E-state index contributed by atoms with van der Waals surface area (Å²) >= 11 is 0. The van der Waals surface area contributed by atoms with E-state index in [1.807, 2.05) is 121 Å². The summed E-state index contributed by atoms with van der Waals surface area (Å²) in [6.45, 7) is 1.62. The van der Waals surface area contributed by atoms with Gasteiger partial charge in [0.05, 0.1) is 39.6 Å². The molecule has 214 valence electrons. The van der Waals surface area contributed by atoms with Gasteiger partial charge < -0.3 is 28.8 Å². The summed E-state index contributed by atoms with van der Waals surface area (Å²) in [4.78, 5) is 0. The molecule has 0 aliphatic carbocycles. The number of ether oxygens (including phenoxy) is 5. The Morgan fingerprint density at radius 1 is 0.463 bits per heavy atom. The van der Waals surface area contributed by atoms with E-state index in [0.29, 0.717) is 26.4 Å². The van der Waals surface area contributed by atoms with Gasteiger partial charge in [-0.05, 0) is 22.3 Å². The Hall–Kier alpha value is -3.36. The van der Waals surface area contributed by atoms with Gasteiger partial charge in [0.25, 0.3) is 0 Å². The molecule has 0 spiro atoms. The average Bonchev–Trinajstić information content (AvgIpc) is 3.04. The molecular formula is C35H38O6. The van der Waals surface area contributed by atoms with Crippen LogP contribution in [0.4, 0.5) is 0 Å². The minimum Gasteiger partial charge on any atom is -0.394 e. The third kappa shape index (κ3) is 8.57. The van der Waals surface area contributed by atoms with Crippen molar-refractivity contribution in [3.05, 3.63) is 144 Å². The Labute approximate surface area is 242 Å². The maximum atomic E-state index is 10.4. The second-order valence-corrected chi connectivity index (χ2v) is 10.2. The summed E-state index contributed by atoms with van der Waals surface area (Å²) < 4.78 is 32.2. The Kier molecular flexibility index (Phi) is 11.1. The van der Waals surface area contributed by atoms with Crippen LogP contribution in [0.25, 0.3) is 0 Å². The Bertz CT molecular complexity index is 1260. The molecule has 6 nitrogen and oxygen atoms in total.